The summed E-state index contributed by atoms with van der Waals surface area (Å²) in [6.07, 6.45) is 0.00612. The topological polar surface area (TPSA) is 39.1 Å². The molecule has 4 heteroatoms. The standard InChI is InChI=1S/C15H21N3O/c1-11-14(10-16-3)15(18(4)17-11)19-12(2)13-8-6-5-7-9-13/h5-9,12,16H,10H2,1-4H3. The Bertz CT molecular complexity index is 534. The van der Waals surface area contributed by atoms with Crippen LogP contribution in [0.1, 0.15) is 29.8 Å². The lowest BCUT2D eigenvalue weighted by Gasteiger charge is -2.16. The van der Waals surface area contributed by atoms with Gasteiger partial charge in [0.25, 0.3) is 0 Å². The van der Waals surface area contributed by atoms with Crippen molar-refractivity contribution in [2.45, 2.75) is 26.5 Å². The van der Waals surface area contributed by atoms with Gasteiger partial charge in [-0.1, -0.05) is 30.3 Å². The van der Waals surface area contributed by atoms with E-state index in [-0.39, 0.29) is 6.10 Å². The molecule has 1 atom stereocenters. The average Bonchev–Trinajstić information content (AvgIpc) is 2.67. The van der Waals surface area contributed by atoms with Crippen LogP contribution in [0.5, 0.6) is 5.88 Å². The maximum absolute atomic E-state index is 6.10. The summed E-state index contributed by atoms with van der Waals surface area (Å²) in [5.74, 6) is 0.836. The van der Waals surface area contributed by atoms with Crippen molar-refractivity contribution < 1.29 is 4.74 Å². The summed E-state index contributed by atoms with van der Waals surface area (Å²) in [6, 6.07) is 10.2. The van der Waals surface area contributed by atoms with Crippen LogP contribution in [0.4, 0.5) is 0 Å². The number of hydrogen-bond donors (Lipinski definition) is 1. The zero-order valence-corrected chi connectivity index (χ0v) is 12.0. The molecule has 19 heavy (non-hydrogen) atoms. The minimum atomic E-state index is 0.00612. The molecule has 1 heterocycles. The van der Waals surface area contributed by atoms with Crippen molar-refractivity contribution in [2.75, 3.05) is 7.05 Å². The fourth-order valence-electron chi connectivity index (χ4n) is 2.17. The van der Waals surface area contributed by atoms with Crippen molar-refractivity contribution in [3.8, 4) is 5.88 Å². The molecule has 0 radical (unpaired) electrons. The predicted octanol–water partition coefficient (Wildman–Crippen LogP) is 2.59. The Labute approximate surface area is 114 Å². The van der Waals surface area contributed by atoms with Crippen LogP contribution in [0.3, 0.4) is 0 Å². The number of benzene rings is 1. The van der Waals surface area contributed by atoms with Crippen molar-refractivity contribution in [3.05, 3.63) is 47.2 Å². The monoisotopic (exact) mass is 259 g/mol. The highest BCUT2D eigenvalue weighted by Crippen LogP contribution is 2.26. The third-order valence-corrected chi connectivity index (χ3v) is 3.20. The molecule has 0 bridgehead atoms. The quantitative estimate of drug-likeness (QED) is 0.897. The third-order valence-electron chi connectivity index (χ3n) is 3.20. The molecule has 102 valence electrons. The lowest BCUT2D eigenvalue weighted by atomic mass is 10.1. The molecule has 2 rings (SSSR count). The van der Waals surface area contributed by atoms with Gasteiger partial charge in [0.15, 0.2) is 0 Å². The Morgan fingerprint density at radius 1 is 1.32 bits per heavy atom. The first kappa shape index (κ1) is 13.6. The molecule has 1 N–H and O–H groups in total. The van der Waals surface area contributed by atoms with Crippen molar-refractivity contribution >= 4 is 0 Å². The molecule has 0 aliphatic rings. The van der Waals surface area contributed by atoms with E-state index in [2.05, 4.69) is 29.5 Å². The lowest BCUT2D eigenvalue weighted by Crippen LogP contribution is -2.11. The normalized spacial score (nSPS) is 12.4. The van der Waals surface area contributed by atoms with E-state index in [1.54, 1.807) is 4.68 Å². The number of nitrogens with zero attached hydrogens (tertiary/aromatic N) is 2. The summed E-state index contributed by atoms with van der Waals surface area (Å²) in [7, 11) is 3.84. The van der Waals surface area contributed by atoms with E-state index in [1.165, 1.54) is 0 Å². The highest BCUT2D eigenvalue weighted by Gasteiger charge is 2.17. The molecule has 0 fully saturated rings. The zero-order chi connectivity index (χ0) is 13.8. The second-order valence-corrected chi connectivity index (χ2v) is 4.69. The first-order chi connectivity index (χ1) is 9.13. The van der Waals surface area contributed by atoms with Crippen molar-refractivity contribution in [1.29, 1.82) is 0 Å². The Balaban J connectivity index is 2.23. The lowest BCUT2D eigenvalue weighted by molar-refractivity contribution is 0.204. The van der Waals surface area contributed by atoms with E-state index < -0.39 is 0 Å². The molecule has 0 aliphatic heterocycles. The molecule has 0 aliphatic carbocycles. The largest absolute Gasteiger partial charge is 0.470 e. The highest BCUT2D eigenvalue weighted by atomic mass is 16.5. The highest BCUT2D eigenvalue weighted by molar-refractivity contribution is 5.31. The molecular weight excluding hydrogens is 238 g/mol. The molecule has 0 saturated carbocycles. The molecule has 2 aromatic rings. The maximum atomic E-state index is 6.10. The molecule has 0 saturated heterocycles. The summed E-state index contributed by atoms with van der Waals surface area (Å²) in [6.45, 7) is 4.82. The van der Waals surface area contributed by atoms with Gasteiger partial charge >= 0.3 is 0 Å². The number of hydrogen-bond acceptors (Lipinski definition) is 3. The number of rotatable bonds is 5. The summed E-state index contributed by atoms with van der Waals surface area (Å²) in [4.78, 5) is 0. The van der Waals surface area contributed by atoms with Gasteiger partial charge in [0.2, 0.25) is 5.88 Å². The predicted molar refractivity (Wildman–Crippen MR) is 76.2 cm³/mol. The van der Waals surface area contributed by atoms with Gasteiger partial charge in [-0.3, -0.25) is 0 Å². The van der Waals surface area contributed by atoms with E-state index in [1.807, 2.05) is 39.2 Å². The van der Waals surface area contributed by atoms with Crippen LogP contribution in [-0.2, 0) is 13.6 Å². The molecule has 1 unspecified atom stereocenters. The number of aryl methyl sites for hydroxylation is 2. The van der Waals surface area contributed by atoms with Crippen LogP contribution < -0.4 is 10.1 Å². The van der Waals surface area contributed by atoms with Crippen LogP contribution >= 0.6 is 0 Å². The van der Waals surface area contributed by atoms with E-state index in [9.17, 15) is 0 Å². The third kappa shape index (κ3) is 2.96. The van der Waals surface area contributed by atoms with Gasteiger partial charge in [-0.2, -0.15) is 5.10 Å². The Hall–Kier alpha value is -1.81. The van der Waals surface area contributed by atoms with Gasteiger partial charge < -0.3 is 10.1 Å². The molecule has 0 amide bonds. The van der Waals surface area contributed by atoms with Gasteiger partial charge in [0, 0.05) is 13.6 Å². The van der Waals surface area contributed by atoms with E-state index in [0.29, 0.717) is 0 Å². The summed E-state index contributed by atoms with van der Waals surface area (Å²) in [5.41, 5.74) is 3.29. The van der Waals surface area contributed by atoms with Gasteiger partial charge in [-0.25, -0.2) is 4.68 Å². The van der Waals surface area contributed by atoms with Crippen LogP contribution in [0.15, 0.2) is 30.3 Å². The number of ether oxygens (including phenoxy) is 1. The molecule has 1 aromatic heterocycles. The summed E-state index contributed by atoms with van der Waals surface area (Å²) >= 11 is 0. The Morgan fingerprint density at radius 3 is 2.63 bits per heavy atom. The number of aromatic nitrogens is 2. The maximum Gasteiger partial charge on any atom is 0.216 e. The molecule has 1 aromatic carbocycles. The summed E-state index contributed by atoms with van der Waals surface area (Å²) in [5, 5.41) is 7.59. The smallest absolute Gasteiger partial charge is 0.216 e. The average molecular weight is 259 g/mol. The van der Waals surface area contributed by atoms with Crippen molar-refractivity contribution in [2.24, 2.45) is 7.05 Å². The Kier molecular flexibility index (Phi) is 4.22. The first-order valence-corrected chi connectivity index (χ1v) is 6.52. The van der Waals surface area contributed by atoms with Gasteiger partial charge in [0.1, 0.15) is 6.10 Å². The van der Waals surface area contributed by atoms with Crippen LogP contribution in [0.25, 0.3) is 0 Å². The fourth-order valence-corrected chi connectivity index (χ4v) is 2.17. The van der Waals surface area contributed by atoms with Crippen molar-refractivity contribution in [1.82, 2.24) is 15.1 Å². The second kappa shape index (κ2) is 5.89. The van der Waals surface area contributed by atoms with Gasteiger partial charge in [-0.05, 0) is 26.5 Å². The number of nitrogens with one attached hydrogen (secondary N) is 1. The van der Waals surface area contributed by atoms with E-state index >= 15 is 0 Å². The Morgan fingerprint density at radius 2 is 2.00 bits per heavy atom. The molecule has 4 nitrogen and oxygen atoms in total. The molecule has 0 spiro atoms. The van der Waals surface area contributed by atoms with Crippen LogP contribution in [0, 0.1) is 6.92 Å². The van der Waals surface area contributed by atoms with Crippen LogP contribution in [0.2, 0.25) is 0 Å². The van der Waals surface area contributed by atoms with Crippen molar-refractivity contribution in [3.63, 3.8) is 0 Å². The first-order valence-electron chi connectivity index (χ1n) is 6.52. The van der Waals surface area contributed by atoms with Crippen LogP contribution in [-0.4, -0.2) is 16.8 Å². The van der Waals surface area contributed by atoms with Gasteiger partial charge in [0.05, 0.1) is 11.3 Å². The van der Waals surface area contributed by atoms with E-state index in [0.717, 1.165) is 29.2 Å². The minimum absolute atomic E-state index is 0.00612. The summed E-state index contributed by atoms with van der Waals surface area (Å²) < 4.78 is 7.90. The SMILES string of the molecule is CNCc1c(C)nn(C)c1OC(C)c1ccccc1. The molecular formula is C15H21N3O. The van der Waals surface area contributed by atoms with E-state index in [4.69, 9.17) is 4.74 Å². The van der Waals surface area contributed by atoms with Gasteiger partial charge in [-0.15, -0.1) is 0 Å². The fraction of sp³-hybridized carbons (Fsp3) is 0.400. The minimum Gasteiger partial charge on any atom is -0.470 e. The second-order valence-electron chi connectivity index (χ2n) is 4.69. The zero-order valence-electron chi connectivity index (χ0n) is 12.0.